The predicted octanol–water partition coefficient (Wildman–Crippen LogP) is 4.89. The molecule has 0 spiro atoms. The Kier molecular flexibility index (Phi) is 5.36. The molecule has 1 atom stereocenters. The first-order chi connectivity index (χ1) is 15.5. The summed E-state index contributed by atoms with van der Waals surface area (Å²) in [4.78, 5) is 32.4. The third-order valence-corrected chi connectivity index (χ3v) is 6.55. The zero-order chi connectivity index (χ0) is 22.2. The Hall–Kier alpha value is -3.30. The number of nitro benzene ring substituents is 1. The van der Waals surface area contributed by atoms with Crippen LogP contribution >= 0.6 is 23.4 Å². The summed E-state index contributed by atoms with van der Waals surface area (Å²) in [6.07, 6.45) is 2.75. The van der Waals surface area contributed by atoms with Gasteiger partial charge in [0.05, 0.1) is 16.2 Å². The Labute approximate surface area is 191 Å². The maximum Gasteiger partial charge on any atom is 0.269 e. The van der Waals surface area contributed by atoms with E-state index in [4.69, 9.17) is 11.6 Å². The fourth-order valence-corrected chi connectivity index (χ4v) is 4.70. The molecule has 2 heterocycles. The van der Waals surface area contributed by atoms with Gasteiger partial charge < -0.3 is 0 Å². The van der Waals surface area contributed by atoms with E-state index in [-0.39, 0.29) is 17.4 Å². The number of thioether (sulfide) groups is 1. The van der Waals surface area contributed by atoms with Crippen LogP contribution in [-0.2, 0) is 12.2 Å². The van der Waals surface area contributed by atoms with Crippen LogP contribution in [0.4, 0.5) is 5.69 Å². The number of nitrogens with zero attached hydrogens (tertiary/aromatic N) is 5. The number of benzene rings is 2. The molecule has 32 heavy (non-hydrogen) atoms. The van der Waals surface area contributed by atoms with E-state index in [1.807, 2.05) is 30.3 Å². The number of carbonyl (C=O) groups excluding carboxylic acids is 1. The third-order valence-electron chi connectivity index (χ3n) is 5.39. The molecule has 1 aliphatic carbocycles. The molecule has 10 heteroatoms. The van der Waals surface area contributed by atoms with Gasteiger partial charge >= 0.3 is 0 Å². The molecule has 0 saturated carbocycles. The van der Waals surface area contributed by atoms with Gasteiger partial charge in [-0.2, -0.15) is 4.98 Å². The van der Waals surface area contributed by atoms with Crippen LogP contribution in [0, 0.1) is 10.1 Å². The first-order valence-corrected chi connectivity index (χ1v) is 11.2. The van der Waals surface area contributed by atoms with Gasteiger partial charge in [0.15, 0.2) is 5.78 Å². The van der Waals surface area contributed by atoms with Gasteiger partial charge in [0.2, 0.25) is 5.16 Å². The number of rotatable bonds is 5. The van der Waals surface area contributed by atoms with Crippen LogP contribution in [-0.4, -0.2) is 30.3 Å². The number of ketones is 1. The van der Waals surface area contributed by atoms with E-state index in [1.165, 1.54) is 28.4 Å². The van der Waals surface area contributed by atoms with E-state index in [2.05, 4.69) is 15.1 Å². The van der Waals surface area contributed by atoms with E-state index in [1.54, 1.807) is 12.3 Å². The monoisotopic (exact) mass is 465 g/mol. The summed E-state index contributed by atoms with van der Waals surface area (Å²) >= 11 is 7.34. The fraction of sp³-hybridized carbons (Fsp3) is 0.182. The minimum absolute atomic E-state index is 0.0295. The van der Waals surface area contributed by atoms with Gasteiger partial charge in [-0.25, -0.2) is 9.50 Å². The number of hydrogen-bond acceptors (Lipinski definition) is 7. The average molecular weight is 466 g/mol. The number of hydrogen-bond donors (Lipinski definition) is 0. The average Bonchev–Trinajstić information content (AvgIpc) is 3.19. The molecule has 0 amide bonds. The van der Waals surface area contributed by atoms with Gasteiger partial charge in [0.25, 0.3) is 11.5 Å². The standard InChI is InChI=1S/C22H16ClN5O3S/c23-16-6-4-14(5-7-16)15-9-19-18(20(29)10-15)11-27-21(24-19)25-22(26-27)32-12-13-2-1-3-17(8-13)28(30)31/h1-8,11,15H,9-10,12H2/t15-/m1/s1. The van der Waals surface area contributed by atoms with Crippen LogP contribution < -0.4 is 0 Å². The molecule has 160 valence electrons. The predicted molar refractivity (Wildman–Crippen MR) is 120 cm³/mol. The molecule has 4 aromatic rings. The number of halogens is 1. The SMILES string of the molecule is O=C1C[C@H](c2ccc(Cl)cc2)Cc2nc3nc(SCc4cccc([N+](=O)[O-])c4)nn3cc21. The molecule has 0 N–H and O–H groups in total. The number of Topliss-reactive ketones (excluding diaryl/α,β-unsaturated/α-hetero) is 1. The second-order valence-corrected chi connectivity index (χ2v) is 8.91. The Morgan fingerprint density at radius 1 is 1.16 bits per heavy atom. The van der Waals surface area contributed by atoms with Crippen LogP contribution in [0.3, 0.4) is 0 Å². The summed E-state index contributed by atoms with van der Waals surface area (Å²) in [5.41, 5.74) is 3.20. The third kappa shape index (κ3) is 4.09. The van der Waals surface area contributed by atoms with Crippen LogP contribution in [0.25, 0.3) is 5.78 Å². The topological polar surface area (TPSA) is 103 Å². The second-order valence-electron chi connectivity index (χ2n) is 7.54. The molecular weight excluding hydrogens is 450 g/mol. The van der Waals surface area contributed by atoms with Gasteiger partial charge in [-0.1, -0.05) is 47.6 Å². The lowest BCUT2D eigenvalue weighted by Gasteiger charge is -2.23. The van der Waals surface area contributed by atoms with Gasteiger partial charge in [-0.15, -0.1) is 5.10 Å². The molecule has 0 fully saturated rings. The molecule has 0 aliphatic heterocycles. The van der Waals surface area contributed by atoms with Crippen molar-refractivity contribution in [2.24, 2.45) is 0 Å². The van der Waals surface area contributed by atoms with E-state index in [9.17, 15) is 14.9 Å². The first kappa shape index (κ1) is 20.6. The minimum Gasteiger partial charge on any atom is -0.294 e. The highest BCUT2D eigenvalue weighted by atomic mass is 35.5. The van der Waals surface area contributed by atoms with Crippen molar-refractivity contribution in [2.45, 2.75) is 29.7 Å². The highest BCUT2D eigenvalue weighted by Gasteiger charge is 2.28. The van der Waals surface area contributed by atoms with Crippen LogP contribution in [0.5, 0.6) is 0 Å². The normalized spacial score (nSPS) is 15.7. The summed E-state index contributed by atoms with van der Waals surface area (Å²) in [7, 11) is 0. The first-order valence-electron chi connectivity index (χ1n) is 9.87. The minimum atomic E-state index is -0.417. The maximum absolute atomic E-state index is 12.8. The van der Waals surface area contributed by atoms with Crippen molar-refractivity contribution in [1.82, 2.24) is 19.6 Å². The lowest BCUT2D eigenvalue weighted by Crippen LogP contribution is -2.21. The molecule has 0 radical (unpaired) electrons. The Morgan fingerprint density at radius 2 is 1.97 bits per heavy atom. The summed E-state index contributed by atoms with van der Waals surface area (Å²) < 4.78 is 1.52. The number of carbonyl (C=O) groups is 1. The van der Waals surface area contributed by atoms with Crippen molar-refractivity contribution >= 4 is 40.6 Å². The van der Waals surface area contributed by atoms with Gasteiger partial charge in [0.1, 0.15) is 0 Å². The van der Waals surface area contributed by atoms with Crippen molar-refractivity contribution in [3.63, 3.8) is 0 Å². The molecule has 0 unspecified atom stereocenters. The fourth-order valence-electron chi connectivity index (χ4n) is 3.80. The molecular formula is C22H16ClN5O3S. The Balaban J connectivity index is 1.38. The molecule has 2 aromatic carbocycles. The highest BCUT2D eigenvalue weighted by Crippen LogP contribution is 2.33. The van der Waals surface area contributed by atoms with Crippen molar-refractivity contribution in [2.75, 3.05) is 0 Å². The lowest BCUT2D eigenvalue weighted by atomic mass is 9.82. The van der Waals surface area contributed by atoms with Gasteiger partial charge in [0, 0.05) is 35.5 Å². The van der Waals surface area contributed by atoms with Crippen molar-refractivity contribution in [3.8, 4) is 0 Å². The van der Waals surface area contributed by atoms with Crippen molar-refractivity contribution in [3.05, 3.63) is 92.2 Å². The van der Waals surface area contributed by atoms with Crippen molar-refractivity contribution in [1.29, 1.82) is 0 Å². The molecule has 5 rings (SSSR count). The van der Waals surface area contributed by atoms with Crippen molar-refractivity contribution < 1.29 is 9.72 Å². The van der Waals surface area contributed by atoms with E-state index >= 15 is 0 Å². The van der Waals surface area contributed by atoms with Crippen LogP contribution in [0.2, 0.25) is 5.02 Å². The molecule has 8 nitrogen and oxygen atoms in total. The Bertz CT molecular complexity index is 1360. The number of fused-ring (bicyclic) bond motifs is 2. The number of aromatic nitrogens is 4. The largest absolute Gasteiger partial charge is 0.294 e. The zero-order valence-corrected chi connectivity index (χ0v) is 18.2. The van der Waals surface area contributed by atoms with E-state index in [0.29, 0.717) is 40.1 Å². The molecule has 2 aromatic heterocycles. The van der Waals surface area contributed by atoms with Crippen LogP contribution in [0.15, 0.2) is 59.9 Å². The summed E-state index contributed by atoms with van der Waals surface area (Å²) in [6, 6.07) is 14.0. The van der Waals surface area contributed by atoms with Gasteiger partial charge in [-0.05, 0) is 35.6 Å². The summed E-state index contributed by atoms with van der Waals surface area (Å²) in [6.45, 7) is 0. The summed E-state index contributed by atoms with van der Waals surface area (Å²) in [5.74, 6) is 0.986. The number of nitro groups is 1. The smallest absolute Gasteiger partial charge is 0.269 e. The maximum atomic E-state index is 12.8. The Morgan fingerprint density at radius 3 is 2.75 bits per heavy atom. The number of non-ortho nitro benzene ring substituents is 1. The molecule has 0 bridgehead atoms. The van der Waals surface area contributed by atoms with Crippen LogP contribution in [0.1, 0.15) is 39.5 Å². The zero-order valence-electron chi connectivity index (χ0n) is 16.6. The molecule has 0 saturated heterocycles. The van der Waals surface area contributed by atoms with Gasteiger partial charge in [-0.3, -0.25) is 14.9 Å². The highest BCUT2D eigenvalue weighted by molar-refractivity contribution is 7.98. The molecule has 1 aliphatic rings. The quantitative estimate of drug-likeness (QED) is 0.235. The van der Waals surface area contributed by atoms with E-state index < -0.39 is 4.92 Å². The van der Waals surface area contributed by atoms with E-state index in [0.717, 1.165) is 16.8 Å². The second kappa shape index (κ2) is 8.33. The lowest BCUT2D eigenvalue weighted by molar-refractivity contribution is -0.384. The summed E-state index contributed by atoms with van der Waals surface area (Å²) in [5, 5.41) is 16.5.